The lowest BCUT2D eigenvalue weighted by atomic mass is 10.0. The number of hydrogen-bond acceptors (Lipinski definition) is 5. The van der Waals surface area contributed by atoms with Crippen molar-refractivity contribution >= 4 is 33.2 Å². The lowest BCUT2D eigenvalue weighted by Gasteiger charge is -2.24. The number of anilines is 1. The van der Waals surface area contributed by atoms with Crippen LogP contribution in [-0.2, 0) is 21.2 Å². The Bertz CT molecular complexity index is 986. The molecule has 1 aromatic carbocycles. The van der Waals surface area contributed by atoms with Crippen molar-refractivity contribution in [3.05, 3.63) is 40.2 Å². The van der Waals surface area contributed by atoms with Crippen LogP contribution in [0.25, 0.3) is 0 Å². The number of nitrogens with zero attached hydrogens (tertiary/aromatic N) is 2. The van der Waals surface area contributed by atoms with E-state index in [0.717, 1.165) is 12.0 Å². The molecule has 1 fully saturated rings. The first-order valence-corrected chi connectivity index (χ1v) is 10.3. The molecule has 2 aromatic rings. The molecule has 0 aliphatic carbocycles. The Labute approximate surface area is 156 Å². The van der Waals surface area contributed by atoms with Gasteiger partial charge in [0.1, 0.15) is 16.3 Å². The molecule has 0 bridgehead atoms. The zero-order valence-electron chi connectivity index (χ0n) is 14.2. The maximum Gasteiger partial charge on any atom is 0.245 e. The molecule has 2 aliphatic rings. The lowest BCUT2D eigenvalue weighted by Crippen LogP contribution is -2.31. The second-order valence-corrected chi connectivity index (χ2v) is 8.89. The van der Waals surface area contributed by atoms with E-state index in [4.69, 9.17) is 16.1 Å². The number of aryl methyl sites for hydroxylation is 2. The molecule has 1 amide bonds. The van der Waals surface area contributed by atoms with Crippen molar-refractivity contribution in [1.29, 1.82) is 0 Å². The first-order chi connectivity index (χ1) is 12.4. The van der Waals surface area contributed by atoms with E-state index in [2.05, 4.69) is 10.5 Å². The average molecular weight is 396 g/mol. The largest absolute Gasteiger partial charge is 0.361 e. The Morgan fingerprint density at radius 1 is 1.31 bits per heavy atom. The number of hydrogen-bond donors (Lipinski definition) is 1. The van der Waals surface area contributed by atoms with Crippen LogP contribution in [0.4, 0.5) is 5.69 Å². The van der Waals surface area contributed by atoms with Crippen molar-refractivity contribution < 1.29 is 17.7 Å². The quantitative estimate of drug-likeness (QED) is 0.862. The number of rotatable bonds is 3. The van der Waals surface area contributed by atoms with Crippen LogP contribution in [0.15, 0.2) is 27.6 Å². The van der Waals surface area contributed by atoms with Gasteiger partial charge in [0.25, 0.3) is 0 Å². The maximum atomic E-state index is 13.3. The number of halogens is 1. The number of aromatic nitrogens is 1. The molecule has 2 aliphatic heterocycles. The van der Waals surface area contributed by atoms with Crippen molar-refractivity contribution in [1.82, 2.24) is 9.46 Å². The summed E-state index contributed by atoms with van der Waals surface area (Å²) in [4.78, 5) is 11.7. The first-order valence-electron chi connectivity index (χ1n) is 8.43. The Kier molecular flexibility index (Phi) is 4.29. The van der Waals surface area contributed by atoms with Gasteiger partial charge in [-0.1, -0.05) is 16.8 Å². The van der Waals surface area contributed by atoms with E-state index >= 15 is 0 Å². The maximum absolute atomic E-state index is 13.3. The Hall–Kier alpha value is -1.90. The molecule has 0 spiro atoms. The third-order valence-electron chi connectivity index (χ3n) is 4.83. The van der Waals surface area contributed by atoms with Gasteiger partial charge in [0.2, 0.25) is 15.9 Å². The number of benzene rings is 1. The Morgan fingerprint density at radius 3 is 2.85 bits per heavy atom. The summed E-state index contributed by atoms with van der Waals surface area (Å²) in [6, 6.07) is 4.48. The number of amides is 1. The fourth-order valence-electron chi connectivity index (χ4n) is 3.57. The summed E-state index contributed by atoms with van der Waals surface area (Å²) in [5, 5.41) is 6.88. The van der Waals surface area contributed by atoms with E-state index in [1.165, 1.54) is 10.4 Å². The molecule has 7 nitrogen and oxygen atoms in total. The number of sulfonamides is 1. The SMILES string of the molecule is Cc1cc(C2CCCN2S(=O)(=O)c2cc3c(cc2Cl)CCC(=O)N3)no1. The molecule has 1 saturated heterocycles. The molecule has 26 heavy (non-hydrogen) atoms. The molecule has 1 aromatic heterocycles. The molecule has 1 unspecified atom stereocenters. The molecule has 138 valence electrons. The Balaban J connectivity index is 1.74. The van der Waals surface area contributed by atoms with Gasteiger partial charge in [0.05, 0.1) is 11.1 Å². The molecular weight excluding hydrogens is 378 g/mol. The molecular formula is C17H18ClN3O4S. The molecule has 1 N–H and O–H groups in total. The van der Waals surface area contributed by atoms with Gasteiger partial charge in [0.15, 0.2) is 0 Å². The van der Waals surface area contributed by atoms with Crippen molar-refractivity contribution in [2.45, 2.75) is 43.5 Å². The summed E-state index contributed by atoms with van der Waals surface area (Å²) >= 11 is 6.31. The fourth-order valence-corrected chi connectivity index (χ4v) is 5.79. The second-order valence-electron chi connectivity index (χ2n) is 6.62. The van der Waals surface area contributed by atoms with Gasteiger partial charge < -0.3 is 9.84 Å². The minimum atomic E-state index is -3.84. The predicted octanol–water partition coefficient (Wildman–Crippen LogP) is 3.05. The predicted molar refractivity (Wildman–Crippen MR) is 95.5 cm³/mol. The topological polar surface area (TPSA) is 92.5 Å². The van der Waals surface area contributed by atoms with Gasteiger partial charge in [-0.3, -0.25) is 4.79 Å². The summed E-state index contributed by atoms with van der Waals surface area (Å²) in [5.41, 5.74) is 1.96. The second kappa shape index (κ2) is 6.37. The van der Waals surface area contributed by atoms with Gasteiger partial charge in [-0.15, -0.1) is 0 Å². The molecule has 1 atom stereocenters. The fraction of sp³-hybridized carbons (Fsp3) is 0.412. The molecule has 4 rings (SSSR count). The van der Waals surface area contributed by atoms with Crippen LogP contribution >= 0.6 is 11.6 Å². The van der Waals surface area contributed by atoms with Gasteiger partial charge in [0, 0.05) is 24.7 Å². The van der Waals surface area contributed by atoms with E-state index in [1.54, 1.807) is 19.1 Å². The summed E-state index contributed by atoms with van der Waals surface area (Å²) < 4.78 is 33.1. The summed E-state index contributed by atoms with van der Waals surface area (Å²) in [5.74, 6) is 0.513. The smallest absolute Gasteiger partial charge is 0.245 e. The third kappa shape index (κ3) is 2.91. The lowest BCUT2D eigenvalue weighted by molar-refractivity contribution is -0.116. The van der Waals surface area contributed by atoms with Crippen molar-refractivity contribution in [2.24, 2.45) is 0 Å². The molecule has 0 saturated carbocycles. The van der Waals surface area contributed by atoms with Crippen LogP contribution in [0.2, 0.25) is 5.02 Å². The van der Waals surface area contributed by atoms with Crippen molar-refractivity contribution in [3.63, 3.8) is 0 Å². The number of fused-ring (bicyclic) bond motifs is 1. The summed E-state index contributed by atoms with van der Waals surface area (Å²) in [7, 11) is -3.84. The highest BCUT2D eigenvalue weighted by molar-refractivity contribution is 7.89. The van der Waals surface area contributed by atoms with E-state index < -0.39 is 10.0 Å². The van der Waals surface area contributed by atoms with Crippen molar-refractivity contribution in [2.75, 3.05) is 11.9 Å². The average Bonchev–Trinajstić information content (AvgIpc) is 3.23. The van der Waals surface area contributed by atoms with Gasteiger partial charge in [-0.25, -0.2) is 8.42 Å². The molecule has 0 radical (unpaired) electrons. The van der Waals surface area contributed by atoms with E-state index in [-0.39, 0.29) is 21.9 Å². The van der Waals surface area contributed by atoms with Crippen molar-refractivity contribution in [3.8, 4) is 0 Å². The van der Waals surface area contributed by atoms with Crippen LogP contribution in [0.3, 0.4) is 0 Å². The zero-order valence-corrected chi connectivity index (χ0v) is 15.7. The number of nitrogens with one attached hydrogen (secondary N) is 1. The van der Waals surface area contributed by atoms with Gasteiger partial charge in [-0.05, 0) is 43.9 Å². The van der Waals surface area contributed by atoms with Gasteiger partial charge >= 0.3 is 0 Å². The number of carbonyl (C=O) groups excluding carboxylic acids is 1. The Morgan fingerprint density at radius 2 is 2.12 bits per heavy atom. The minimum Gasteiger partial charge on any atom is -0.361 e. The van der Waals surface area contributed by atoms with Crippen LogP contribution in [0.5, 0.6) is 0 Å². The van der Waals surface area contributed by atoms with E-state index in [0.29, 0.717) is 42.9 Å². The summed E-state index contributed by atoms with van der Waals surface area (Å²) in [6.45, 7) is 2.16. The van der Waals surface area contributed by atoms with Crippen LogP contribution in [0, 0.1) is 6.92 Å². The molecule has 3 heterocycles. The van der Waals surface area contributed by atoms with Crippen LogP contribution in [-0.4, -0.2) is 30.3 Å². The van der Waals surface area contributed by atoms with Gasteiger partial charge in [-0.2, -0.15) is 4.31 Å². The monoisotopic (exact) mass is 395 g/mol. The van der Waals surface area contributed by atoms with E-state index in [1.807, 2.05) is 0 Å². The zero-order chi connectivity index (χ0) is 18.5. The highest BCUT2D eigenvalue weighted by Crippen LogP contribution is 2.39. The molecule has 9 heteroatoms. The first kappa shape index (κ1) is 17.5. The van der Waals surface area contributed by atoms with Crippen LogP contribution < -0.4 is 5.32 Å². The van der Waals surface area contributed by atoms with E-state index in [9.17, 15) is 13.2 Å². The third-order valence-corrected chi connectivity index (χ3v) is 7.20. The number of carbonyl (C=O) groups is 1. The highest BCUT2D eigenvalue weighted by Gasteiger charge is 2.39. The normalized spacial score (nSPS) is 20.8. The van der Waals surface area contributed by atoms with Crippen LogP contribution in [0.1, 0.15) is 42.3 Å². The summed E-state index contributed by atoms with van der Waals surface area (Å²) in [6.07, 6.45) is 2.32. The highest BCUT2D eigenvalue weighted by atomic mass is 35.5. The minimum absolute atomic E-state index is 0.00670. The standard InChI is InChI=1S/C17H18ClN3O4S/c1-10-7-14(20-25-10)15-3-2-6-21(15)26(23,24)16-9-13-11(8-12(16)18)4-5-17(22)19-13/h7-9,15H,2-6H2,1H3,(H,19,22).